The Kier molecular flexibility index (Phi) is 7.35. The number of rotatable bonds is 5. The highest BCUT2D eigenvalue weighted by atomic mass is 35.5. The minimum Gasteiger partial charge on any atom is -0.466 e. The first kappa shape index (κ1) is 18.5. The highest BCUT2D eigenvalue weighted by Crippen LogP contribution is 2.24. The maximum Gasteiger partial charge on any atom is 0.314 e. The molecule has 0 bridgehead atoms. The van der Waals surface area contributed by atoms with Gasteiger partial charge in [0.2, 0.25) is 0 Å². The van der Waals surface area contributed by atoms with Crippen molar-refractivity contribution in [1.82, 2.24) is 5.32 Å². The molecule has 5 nitrogen and oxygen atoms in total. The van der Waals surface area contributed by atoms with Crippen molar-refractivity contribution in [3.8, 4) is 0 Å². The minimum absolute atomic E-state index is 0. The molecule has 1 aliphatic heterocycles. The standard InChI is InChI=1S/C16H21NO4.ClH/c1-3-20-16(19)15-11(2)21-14(18)9-13(15)17-10-12-7-5-4-6-8-12;/h4-8,11,13,15,17H,3,9-10H2,1-2H3;1H/t11-,13+,15+;/m1./s1. The van der Waals surface area contributed by atoms with Crippen LogP contribution in [0.15, 0.2) is 30.3 Å². The molecule has 1 saturated heterocycles. The lowest BCUT2D eigenvalue weighted by atomic mass is 9.89. The number of hydrogen-bond acceptors (Lipinski definition) is 5. The molecule has 1 aliphatic rings. The van der Waals surface area contributed by atoms with Gasteiger partial charge in [-0.05, 0) is 19.4 Å². The van der Waals surface area contributed by atoms with E-state index in [1.165, 1.54) is 0 Å². The fraction of sp³-hybridized carbons (Fsp3) is 0.500. The van der Waals surface area contributed by atoms with Gasteiger partial charge in [0, 0.05) is 12.6 Å². The predicted octanol–water partition coefficient (Wildman–Crippen LogP) is 2.08. The fourth-order valence-electron chi connectivity index (χ4n) is 2.60. The zero-order valence-corrected chi connectivity index (χ0v) is 13.6. The molecule has 22 heavy (non-hydrogen) atoms. The summed E-state index contributed by atoms with van der Waals surface area (Å²) < 4.78 is 10.3. The number of nitrogens with one attached hydrogen (secondary N) is 1. The molecular weight excluding hydrogens is 306 g/mol. The lowest BCUT2D eigenvalue weighted by Gasteiger charge is -2.34. The quantitative estimate of drug-likeness (QED) is 0.839. The van der Waals surface area contributed by atoms with E-state index in [0.717, 1.165) is 5.56 Å². The van der Waals surface area contributed by atoms with Gasteiger partial charge in [0.05, 0.1) is 13.0 Å². The lowest BCUT2D eigenvalue weighted by molar-refractivity contribution is -0.170. The first-order chi connectivity index (χ1) is 10.1. The molecular formula is C16H22ClNO4. The predicted molar refractivity (Wildman–Crippen MR) is 84.6 cm³/mol. The second kappa shape index (κ2) is 8.76. The van der Waals surface area contributed by atoms with Crippen molar-refractivity contribution in [2.75, 3.05) is 6.61 Å². The Balaban J connectivity index is 0.00000242. The van der Waals surface area contributed by atoms with E-state index in [0.29, 0.717) is 13.2 Å². The highest BCUT2D eigenvalue weighted by Gasteiger charge is 2.41. The van der Waals surface area contributed by atoms with Crippen molar-refractivity contribution in [3.05, 3.63) is 35.9 Å². The minimum atomic E-state index is -0.474. The Morgan fingerprint density at radius 2 is 2.05 bits per heavy atom. The van der Waals surface area contributed by atoms with E-state index in [1.54, 1.807) is 13.8 Å². The van der Waals surface area contributed by atoms with Gasteiger partial charge in [-0.25, -0.2) is 0 Å². The van der Waals surface area contributed by atoms with E-state index in [-0.39, 0.29) is 36.8 Å². The number of hydrogen-bond donors (Lipinski definition) is 1. The number of halogens is 1. The van der Waals surface area contributed by atoms with Crippen molar-refractivity contribution in [1.29, 1.82) is 0 Å². The van der Waals surface area contributed by atoms with Crippen molar-refractivity contribution >= 4 is 24.3 Å². The lowest BCUT2D eigenvalue weighted by Crippen LogP contribution is -2.52. The topological polar surface area (TPSA) is 64.6 Å². The van der Waals surface area contributed by atoms with Gasteiger partial charge >= 0.3 is 11.9 Å². The summed E-state index contributed by atoms with van der Waals surface area (Å²) in [5.74, 6) is -1.07. The van der Waals surface area contributed by atoms with Gasteiger partial charge in [-0.15, -0.1) is 12.4 Å². The van der Waals surface area contributed by atoms with Crippen LogP contribution in [0.3, 0.4) is 0 Å². The van der Waals surface area contributed by atoms with Crippen molar-refractivity contribution in [3.63, 3.8) is 0 Å². The molecule has 0 aliphatic carbocycles. The highest BCUT2D eigenvalue weighted by molar-refractivity contribution is 5.85. The average molecular weight is 328 g/mol. The molecule has 0 unspecified atom stereocenters. The third-order valence-electron chi connectivity index (χ3n) is 3.61. The maximum atomic E-state index is 12.1. The first-order valence-electron chi connectivity index (χ1n) is 7.25. The van der Waals surface area contributed by atoms with E-state index in [1.807, 2.05) is 30.3 Å². The second-order valence-corrected chi connectivity index (χ2v) is 5.15. The number of carbonyl (C=O) groups excluding carboxylic acids is 2. The monoisotopic (exact) mass is 327 g/mol. The van der Waals surface area contributed by atoms with Gasteiger partial charge in [0.1, 0.15) is 12.0 Å². The Morgan fingerprint density at radius 3 is 2.68 bits per heavy atom. The normalized spacial score (nSPS) is 24.1. The van der Waals surface area contributed by atoms with Gasteiger partial charge in [-0.2, -0.15) is 0 Å². The zero-order valence-electron chi connectivity index (χ0n) is 12.8. The summed E-state index contributed by atoms with van der Waals surface area (Å²) in [7, 11) is 0. The van der Waals surface area contributed by atoms with E-state index < -0.39 is 12.0 Å². The summed E-state index contributed by atoms with van der Waals surface area (Å²) in [6, 6.07) is 9.59. The number of cyclic esters (lactones) is 1. The molecule has 3 atom stereocenters. The number of esters is 2. The molecule has 1 fully saturated rings. The summed E-state index contributed by atoms with van der Waals surface area (Å²) in [6.45, 7) is 4.42. The van der Waals surface area contributed by atoms with Crippen LogP contribution in [0, 0.1) is 5.92 Å². The van der Waals surface area contributed by atoms with Crippen molar-refractivity contribution in [2.45, 2.75) is 39.0 Å². The molecule has 1 aromatic rings. The average Bonchev–Trinajstić information content (AvgIpc) is 2.45. The van der Waals surface area contributed by atoms with Crippen LogP contribution in [0.5, 0.6) is 0 Å². The molecule has 1 N–H and O–H groups in total. The summed E-state index contributed by atoms with van der Waals surface area (Å²) in [5.41, 5.74) is 1.10. The molecule has 0 saturated carbocycles. The molecule has 1 aromatic carbocycles. The van der Waals surface area contributed by atoms with Gasteiger partial charge in [0.25, 0.3) is 0 Å². The summed E-state index contributed by atoms with van der Waals surface area (Å²) >= 11 is 0. The van der Waals surface area contributed by atoms with E-state index in [9.17, 15) is 9.59 Å². The van der Waals surface area contributed by atoms with Gasteiger partial charge in [-0.3, -0.25) is 9.59 Å². The van der Waals surface area contributed by atoms with Crippen LogP contribution in [0.2, 0.25) is 0 Å². The van der Waals surface area contributed by atoms with Gasteiger partial charge < -0.3 is 14.8 Å². The van der Waals surface area contributed by atoms with E-state index in [2.05, 4.69) is 5.32 Å². The maximum absolute atomic E-state index is 12.1. The molecule has 0 spiro atoms. The van der Waals surface area contributed by atoms with Crippen LogP contribution in [0.25, 0.3) is 0 Å². The molecule has 0 amide bonds. The largest absolute Gasteiger partial charge is 0.466 e. The van der Waals surface area contributed by atoms with Crippen LogP contribution < -0.4 is 5.32 Å². The van der Waals surface area contributed by atoms with Crippen LogP contribution in [0.4, 0.5) is 0 Å². The fourth-order valence-corrected chi connectivity index (χ4v) is 2.60. The number of carbonyl (C=O) groups is 2. The van der Waals surface area contributed by atoms with Crippen molar-refractivity contribution < 1.29 is 19.1 Å². The van der Waals surface area contributed by atoms with Gasteiger partial charge in [0.15, 0.2) is 0 Å². The summed E-state index contributed by atoms with van der Waals surface area (Å²) in [6.07, 6.45) is -0.292. The molecule has 0 aromatic heterocycles. The van der Waals surface area contributed by atoms with E-state index in [4.69, 9.17) is 9.47 Å². The Labute approximate surface area is 136 Å². The van der Waals surface area contributed by atoms with Crippen LogP contribution >= 0.6 is 12.4 Å². The number of benzene rings is 1. The van der Waals surface area contributed by atoms with Crippen molar-refractivity contribution in [2.24, 2.45) is 5.92 Å². The van der Waals surface area contributed by atoms with Gasteiger partial charge in [-0.1, -0.05) is 30.3 Å². The third-order valence-corrected chi connectivity index (χ3v) is 3.61. The Bertz CT molecular complexity index is 494. The summed E-state index contributed by atoms with van der Waals surface area (Å²) in [5, 5.41) is 3.29. The van der Waals surface area contributed by atoms with Crippen LogP contribution in [-0.4, -0.2) is 30.7 Å². The van der Waals surface area contributed by atoms with Crippen LogP contribution in [-0.2, 0) is 25.6 Å². The Morgan fingerprint density at radius 1 is 1.36 bits per heavy atom. The number of ether oxygens (including phenoxy) is 2. The zero-order chi connectivity index (χ0) is 15.2. The summed E-state index contributed by atoms with van der Waals surface area (Å²) in [4.78, 5) is 23.7. The third kappa shape index (κ3) is 4.71. The van der Waals surface area contributed by atoms with Crippen LogP contribution in [0.1, 0.15) is 25.8 Å². The molecule has 122 valence electrons. The molecule has 0 radical (unpaired) electrons. The SMILES string of the molecule is CCOC(=O)[C@@H]1[C@@H](NCc2ccccc2)CC(=O)O[C@@H]1C.Cl. The molecule has 1 heterocycles. The first-order valence-corrected chi connectivity index (χ1v) is 7.25. The smallest absolute Gasteiger partial charge is 0.314 e. The Hall–Kier alpha value is -1.59. The molecule has 2 rings (SSSR count). The molecule has 6 heteroatoms. The van der Waals surface area contributed by atoms with E-state index >= 15 is 0 Å². The second-order valence-electron chi connectivity index (χ2n) is 5.15.